The third kappa shape index (κ3) is 5.12. The van der Waals surface area contributed by atoms with E-state index < -0.39 is 11.6 Å². The third-order valence-corrected chi connectivity index (χ3v) is 4.67. The van der Waals surface area contributed by atoms with Crippen LogP contribution >= 0.6 is 0 Å². The summed E-state index contributed by atoms with van der Waals surface area (Å²) >= 11 is 0. The monoisotopic (exact) mass is 394 g/mol. The Morgan fingerprint density at radius 2 is 1.97 bits per heavy atom. The molecule has 0 aliphatic heterocycles. The second-order valence-corrected chi connectivity index (χ2v) is 7.08. The Morgan fingerprint density at radius 3 is 2.72 bits per heavy atom. The van der Waals surface area contributed by atoms with E-state index in [1.54, 1.807) is 13.0 Å². The quantitative estimate of drug-likeness (QED) is 0.384. The number of allylic oxidation sites excluding steroid dienone is 2. The summed E-state index contributed by atoms with van der Waals surface area (Å²) in [6, 6.07) is 8.71. The number of hydrogen-bond donors (Lipinski definition) is 1. The highest BCUT2D eigenvalue weighted by Crippen LogP contribution is 2.26. The number of halogens is 2. The number of unbranched alkanes of at least 4 members (excludes halogenated alkanes) is 1. The molecule has 1 unspecified atom stereocenters. The summed E-state index contributed by atoms with van der Waals surface area (Å²) in [5.74, 6) is -1.80. The van der Waals surface area contributed by atoms with E-state index in [0.717, 1.165) is 24.8 Å². The standard InChI is InChI=1S/C24H24F2N2O/c1-3-7-18-11-12-19(24(26)23(18)25)22-15-27-21-14-17(10-13-20(21)28-22)9-6-4-5-8-16(2)29/h3,6,9-16,29H,1,4-5,7-8H2,2H3. The van der Waals surface area contributed by atoms with Gasteiger partial charge in [-0.15, -0.1) is 6.58 Å². The molecule has 1 atom stereocenters. The smallest absolute Gasteiger partial charge is 0.168 e. The predicted molar refractivity (Wildman–Crippen MR) is 113 cm³/mol. The summed E-state index contributed by atoms with van der Waals surface area (Å²) < 4.78 is 28.7. The minimum atomic E-state index is -0.922. The lowest BCUT2D eigenvalue weighted by Gasteiger charge is -2.08. The molecule has 1 heterocycles. The van der Waals surface area contributed by atoms with Crippen LogP contribution in [0.2, 0.25) is 0 Å². The maximum Gasteiger partial charge on any atom is 0.168 e. The van der Waals surface area contributed by atoms with Gasteiger partial charge in [0.05, 0.1) is 29.0 Å². The van der Waals surface area contributed by atoms with Gasteiger partial charge >= 0.3 is 0 Å². The van der Waals surface area contributed by atoms with Gasteiger partial charge in [-0.25, -0.2) is 13.8 Å². The molecule has 0 amide bonds. The fourth-order valence-electron chi connectivity index (χ4n) is 3.11. The van der Waals surface area contributed by atoms with E-state index in [2.05, 4.69) is 22.6 Å². The van der Waals surface area contributed by atoms with Gasteiger partial charge in [0.25, 0.3) is 0 Å². The van der Waals surface area contributed by atoms with Gasteiger partial charge in [-0.3, -0.25) is 4.98 Å². The molecule has 3 rings (SSSR count). The Balaban J connectivity index is 1.82. The van der Waals surface area contributed by atoms with E-state index in [1.165, 1.54) is 18.3 Å². The van der Waals surface area contributed by atoms with Crippen LogP contribution in [0.5, 0.6) is 0 Å². The highest BCUT2D eigenvalue weighted by Gasteiger charge is 2.15. The van der Waals surface area contributed by atoms with E-state index in [1.807, 2.05) is 24.3 Å². The average Bonchev–Trinajstić information content (AvgIpc) is 2.71. The average molecular weight is 394 g/mol. The largest absolute Gasteiger partial charge is 0.393 e. The predicted octanol–water partition coefficient (Wildman–Crippen LogP) is 5.87. The first kappa shape index (κ1) is 20.8. The summed E-state index contributed by atoms with van der Waals surface area (Å²) in [5.41, 5.74) is 2.93. The molecule has 0 aliphatic carbocycles. The number of rotatable bonds is 8. The van der Waals surface area contributed by atoms with Gasteiger partial charge in [-0.1, -0.05) is 30.4 Å². The van der Waals surface area contributed by atoms with Crippen LogP contribution in [0.1, 0.15) is 37.3 Å². The molecule has 0 fully saturated rings. The molecule has 3 nitrogen and oxygen atoms in total. The van der Waals surface area contributed by atoms with Crippen LogP contribution in [0.15, 0.2) is 55.3 Å². The number of aliphatic hydroxyl groups is 1. The van der Waals surface area contributed by atoms with E-state index >= 15 is 0 Å². The normalized spacial score (nSPS) is 12.6. The number of aliphatic hydroxyl groups excluding tert-OH is 1. The molecule has 3 aromatic rings. The van der Waals surface area contributed by atoms with E-state index in [9.17, 15) is 13.9 Å². The molecule has 29 heavy (non-hydrogen) atoms. The van der Waals surface area contributed by atoms with Crippen molar-refractivity contribution < 1.29 is 13.9 Å². The number of nitrogens with zero attached hydrogens (tertiary/aromatic N) is 2. The lowest BCUT2D eigenvalue weighted by atomic mass is 10.0. The summed E-state index contributed by atoms with van der Waals surface area (Å²) in [4.78, 5) is 8.83. The number of aromatic nitrogens is 2. The zero-order chi connectivity index (χ0) is 20.8. The molecule has 0 aliphatic rings. The Bertz CT molecular complexity index is 1040. The minimum Gasteiger partial charge on any atom is -0.393 e. The van der Waals surface area contributed by atoms with Gasteiger partial charge in [0.2, 0.25) is 0 Å². The van der Waals surface area contributed by atoms with Crippen molar-refractivity contribution in [1.82, 2.24) is 9.97 Å². The summed E-state index contributed by atoms with van der Waals surface area (Å²) in [7, 11) is 0. The highest BCUT2D eigenvalue weighted by molar-refractivity contribution is 5.79. The lowest BCUT2D eigenvalue weighted by Crippen LogP contribution is -1.98. The second kappa shape index (κ2) is 9.52. The van der Waals surface area contributed by atoms with Crippen LogP contribution in [-0.2, 0) is 6.42 Å². The van der Waals surface area contributed by atoms with Gasteiger partial charge in [0.1, 0.15) is 0 Å². The number of fused-ring (bicyclic) bond motifs is 1. The van der Waals surface area contributed by atoms with Gasteiger partial charge in [0.15, 0.2) is 11.6 Å². The van der Waals surface area contributed by atoms with Crippen molar-refractivity contribution in [3.63, 3.8) is 0 Å². The first-order valence-electron chi connectivity index (χ1n) is 9.69. The second-order valence-electron chi connectivity index (χ2n) is 7.08. The van der Waals surface area contributed by atoms with E-state index in [4.69, 9.17) is 0 Å². The molecule has 2 aromatic carbocycles. The lowest BCUT2D eigenvalue weighted by molar-refractivity contribution is 0.182. The molecule has 0 saturated carbocycles. The van der Waals surface area contributed by atoms with E-state index in [-0.39, 0.29) is 23.7 Å². The Kier molecular flexibility index (Phi) is 6.83. The van der Waals surface area contributed by atoms with Crippen LogP contribution in [0.25, 0.3) is 28.4 Å². The van der Waals surface area contributed by atoms with Gasteiger partial charge < -0.3 is 5.11 Å². The van der Waals surface area contributed by atoms with Crippen LogP contribution in [0, 0.1) is 11.6 Å². The molecule has 1 N–H and O–H groups in total. The van der Waals surface area contributed by atoms with Crippen molar-refractivity contribution in [3.05, 3.63) is 78.0 Å². The SMILES string of the molecule is C=CCc1ccc(-c2cnc3cc(C=CCCCC(C)O)ccc3n2)c(F)c1F. The maximum atomic E-state index is 14.5. The Labute approximate surface area is 169 Å². The molecule has 150 valence electrons. The molecule has 5 heteroatoms. The van der Waals surface area contributed by atoms with Crippen LogP contribution in [-0.4, -0.2) is 21.2 Å². The van der Waals surface area contributed by atoms with Crippen LogP contribution < -0.4 is 0 Å². The molecule has 0 radical (unpaired) electrons. The molecule has 0 saturated heterocycles. The molecular formula is C24H24F2N2O. The zero-order valence-corrected chi connectivity index (χ0v) is 16.4. The first-order valence-corrected chi connectivity index (χ1v) is 9.69. The van der Waals surface area contributed by atoms with Gasteiger partial charge in [0, 0.05) is 5.56 Å². The van der Waals surface area contributed by atoms with E-state index in [0.29, 0.717) is 16.7 Å². The molecule has 0 bridgehead atoms. The first-order chi connectivity index (χ1) is 14.0. The fourth-order valence-corrected chi connectivity index (χ4v) is 3.11. The summed E-state index contributed by atoms with van der Waals surface area (Å²) in [6.45, 7) is 5.34. The number of benzene rings is 2. The van der Waals surface area contributed by atoms with Gasteiger partial charge in [-0.2, -0.15) is 0 Å². The van der Waals surface area contributed by atoms with Crippen molar-refractivity contribution in [1.29, 1.82) is 0 Å². The molecule has 1 aromatic heterocycles. The minimum absolute atomic E-state index is 0.0896. The maximum absolute atomic E-state index is 14.5. The third-order valence-electron chi connectivity index (χ3n) is 4.67. The summed E-state index contributed by atoms with van der Waals surface area (Å²) in [6.07, 6.45) is 9.65. The Morgan fingerprint density at radius 1 is 1.14 bits per heavy atom. The van der Waals surface area contributed by atoms with Crippen molar-refractivity contribution in [2.45, 2.75) is 38.7 Å². The van der Waals surface area contributed by atoms with Gasteiger partial charge in [-0.05, 0) is 61.9 Å². The van der Waals surface area contributed by atoms with Crippen molar-refractivity contribution in [2.24, 2.45) is 0 Å². The van der Waals surface area contributed by atoms with Crippen LogP contribution in [0.3, 0.4) is 0 Å². The number of hydrogen-bond acceptors (Lipinski definition) is 3. The Hall–Kier alpha value is -2.92. The molecular weight excluding hydrogens is 370 g/mol. The fraction of sp³-hybridized carbons (Fsp3) is 0.250. The highest BCUT2D eigenvalue weighted by atomic mass is 19.2. The van der Waals surface area contributed by atoms with Crippen molar-refractivity contribution >= 4 is 17.1 Å². The van der Waals surface area contributed by atoms with Crippen molar-refractivity contribution in [3.8, 4) is 11.3 Å². The summed E-state index contributed by atoms with van der Waals surface area (Å²) in [5, 5.41) is 9.27. The molecule has 0 spiro atoms. The van der Waals surface area contributed by atoms with Crippen LogP contribution in [0.4, 0.5) is 8.78 Å². The topological polar surface area (TPSA) is 46.0 Å². The zero-order valence-electron chi connectivity index (χ0n) is 16.4. The van der Waals surface area contributed by atoms with Crippen molar-refractivity contribution in [2.75, 3.05) is 0 Å².